The van der Waals surface area contributed by atoms with Crippen LogP contribution in [0.1, 0.15) is 16.9 Å². The van der Waals surface area contributed by atoms with Crippen LogP contribution in [0.3, 0.4) is 0 Å². The first kappa shape index (κ1) is 21.3. The van der Waals surface area contributed by atoms with Crippen molar-refractivity contribution >= 4 is 5.96 Å². The van der Waals surface area contributed by atoms with Crippen molar-refractivity contribution in [1.29, 1.82) is 0 Å². The minimum atomic E-state index is 0.578. The molecule has 6 nitrogen and oxygen atoms in total. The molecule has 0 unspecified atom stereocenters. The molecule has 0 bridgehead atoms. The maximum Gasteiger partial charge on any atom is 0.191 e. The van der Waals surface area contributed by atoms with Crippen molar-refractivity contribution in [3.05, 3.63) is 83.8 Å². The first-order valence-electron chi connectivity index (χ1n) is 10.1. The lowest BCUT2D eigenvalue weighted by Crippen LogP contribution is -2.39. The zero-order valence-corrected chi connectivity index (χ0v) is 17.6. The number of nitrogens with zero attached hydrogens (tertiary/aromatic N) is 1. The SMILES string of the molecule is COc1ccc(CN=C(NCCc2ccco2)NCCc2ccccc2OC)cc1. The highest BCUT2D eigenvalue weighted by Crippen LogP contribution is 2.17. The molecule has 0 spiro atoms. The summed E-state index contributed by atoms with van der Waals surface area (Å²) in [5.41, 5.74) is 2.28. The lowest BCUT2D eigenvalue weighted by molar-refractivity contribution is 0.409. The Labute approximate surface area is 177 Å². The first-order chi connectivity index (χ1) is 14.8. The zero-order valence-electron chi connectivity index (χ0n) is 17.6. The van der Waals surface area contributed by atoms with Gasteiger partial charge >= 0.3 is 0 Å². The summed E-state index contributed by atoms with van der Waals surface area (Å²) < 4.78 is 16.1. The van der Waals surface area contributed by atoms with E-state index in [1.54, 1.807) is 20.5 Å². The van der Waals surface area contributed by atoms with E-state index in [1.807, 2.05) is 54.6 Å². The highest BCUT2D eigenvalue weighted by molar-refractivity contribution is 5.79. The Balaban J connectivity index is 1.58. The minimum Gasteiger partial charge on any atom is -0.497 e. The molecule has 30 heavy (non-hydrogen) atoms. The predicted molar refractivity (Wildman–Crippen MR) is 119 cm³/mol. The Morgan fingerprint density at radius 1 is 0.867 bits per heavy atom. The summed E-state index contributed by atoms with van der Waals surface area (Å²) in [5, 5.41) is 6.81. The molecule has 0 amide bonds. The number of guanidine groups is 1. The smallest absolute Gasteiger partial charge is 0.191 e. The van der Waals surface area contributed by atoms with Crippen LogP contribution < -0.4 is 20.1 Å². The number of rotatable bonds is 10. The van der Waals surface area contributed by atoms with Crippen molar-refractivity contribution in [1.82, 2.24) is 10.6 Å². The van der Waals surface area contributed by atoms with E-state index < -0.39 is 0 Å². The third-order valence-electron chi connectivity index (χ3n) is 4.70. The van der Waals surface area contributed by atoms with Crippen LogP contribution in [-0.2, 0) is 19.4 Å². The van der Waals surface area contributed by atoms with Gasteiger partial charge in [0.1, 0.15) is 17.3 Å². The Morgan fingerprint density at radius 3 is 2.33 bits per heavy atom. The fourth-order valence-corrected chi connectivity index (χ4v) is 3.06. The number of methoxy groups -OCH3 is 2. The van der Waals surface area contributed by atoms with Gasteiger partial charge in [0.05, 0.1) is 27.0 Å². The number of ether oxygens (including phenoxy) is 2. The summed E-state index contributed by atoms with van der Waals surface area (Å²) in [6.07, 6.45) is 3.33. The molecular formula is C24H29N3O3. The van der Waals surface area contributed by atoms with Crippen LogP contribution in [0.25, 0.3) is 0 Å². The van der Waals surface area contributed by atoms with E-state index >= 15 is 0 Å². The van der Waals surface area contributed by atoms with Crippen LogP contribution >= 0.6 is 0 Å². The topological polar surface area (TPSA) is 68.0 Å². The number of benzene rings is 2. The molecule has 158 valence electrons. The van der Waals surface area contributed by atoms with E-state index in [0.29, 0.717) is 6.54 Å². The fraction of sp³-hybridized carbons (Fsp3) is 0.292. The lowest BCUT2D eigenvalue weighted by atomic mass is 10.1. The highest BCUT2D eigenvalue weighted by atomic mass is 16.5. The van der Waals surface area contributed by atoms with E-state index in [0.717, 1.165) is 60.3 Å². The summed E-state index contributed by atoms with van der Waals surface area (Å²) in [6.45, 7) is 2.06. The van der Waals surface area contributed by atoms with Crippen molar-refractivity contribution in [2.75, 3.05) is 27.3 Å². The van der Waals surface area contributed by atoms with Gasteiger partial charge in [-0.05, 0) is 47.9 Å². The summed E-state index contributed by atoms with van der Waals surface area (Å²) in [4.78, 5) is 4.73. The van der Waals surface area contributed by atoms with Gasteiger partial charge in [-0.25, -0.2) is 4.99 Å². The number of furan rings is 1. The molecule has 1 heterocycles. The molecule has 2 aromatic carbocycles. The van der Waals surface area contributed by atoms with Gasteiger partial charge in [-0.1, -0.05) is 30.3 Å². The number of aliphatic imine (C=N–C) groups is 1. The van der Waals surface area contributed by atoms with Crippen LogP contribution in [-0.4, -0.2) is 33.3 Å². The lowest BCUT2D eigenvalue weighted by Gasteiger charge is -2.13. The standard InChI is InChI=1S/C24H29N3O3/c1-28-21-11-9-19(10-12-21)18-27-24(26-16-14-22-7-5-17-30-22)25-15-13-20-6-3-4-8-23(20)29-2/h3-12,17H,13-16,18H2,1-2H3,(H2,25,26,27). The van der Waals surface area contributed by atoms with Crippen molar-refractivity contribution in [2.24, 2.45) is 4.99 Å². The summed E-state index contributed by atoms with van der Waals surface area (Å²) in [7, 11) is 3.37. The highest BCUT2D eigenvalue weighted by Gasteiger charge is 2.04. The Bertz CT molecular complexity index is 906. The molecule has 0 saturated carbocycles. The second-order valence-electron chi connectivity index (χ2n) is 6.76. The molecule has 3 aromatic rings. The monoisotopic (exact) mass is 407 g/mol. The summed E-state index contributed by atoms with van der Waals surface area (Å²) in [6, 6.07) is 19.9. The van der Waals surface area contributed by atoms with Crippen LogP contribution in [0.5, 0.6) is 11.5 Å². The molecule has 6 heteroatoms. The van der Waals surface area contributed by atoms with Gasteiger partial charge in [0.2, 0.25) is 0 Å². The van der Waals surface area contributed by atoms with E-state index in [2.05, 4.69) is 16.7 Å². The summed E-state index contributed by atoms with van der Waals surface area (Å²) in [5.74, 6) is 3.47. The Hall–Kier alpha value is -3.41. The molecule has 0 fully saturated rings. The first-order valence-corrected chi connectivity index (χ1v) is 10.1. The molecular weight excluding hydrogens is 378 g/mol. The number of hydrogen-bond donors (Lipinski definition) is 2. The Kier molecular flexibility index (Phi) is 8.21. The van der Waals surface area contributed by atoms with E-state index in [4.69, 9.17) is 18.9 Å². The van der Waals surface area contributed by atoms with E-state index in [-0.39, 0.29) is 0 Å². The van der Waals surface area contributed by atoms with Gasteiger partial charge < -0.3 is 24.5 Å². The van der Waals surface area contributed by atoms with Gasteiger partial charge in [-0.2, -0.15) is 0 Å². The molecule has 1 aromatic heterocycles. The van der Waals surface area contributed by atoms with Crippen molar-refractivity contribution < 1.29 is 13.9 Å². The molecule has 0 atom stereocenters. The maximum absolute atomic E-state index is 5.44. The van der Waals surface area contributed by atoms with Crippen LogP contribution in [0.15, 0.2) is 76.3 Å². The van der Waals surface area contributed by atoms with Crippen molar-refractivity contribution in [3.63, 3.8) is 0 Å². The van der Waals surface area contributed by atoms with Crippen LogP contribution in [0.4, 0.5) is 0 Å². The third-order valence-corrected chi connectivity index (χ3v) is 4.70. The maximum atomic E-state index is 5.44. The molecule has 0 saturated heterocycles. The van der Waals surface area contributed by atoms with Crippen molar-refractivity contribution in [2.45, 2.75) is 19.4 Å². The van der Waals surface area contributed by atoms with Gasteiger partial charge in [0.15, 0.2) is 5.96 Å². The van der Waals surface area contributed by atoms with Gasteiger partial charge in [-0.3, -0.25) is 0 Å². The predicted octanol–water partition coefficient (Wildman–Crippen LogP) is 3.82. The second-order valence-corrected chi connectivity index (χ2v) is 6.76. The normalized spacial score (nSPS) is 11.2. The molecule has 2 N–H and O–H groups in total. The fourth-order valence-electron chi connectivity index (χ4n) is 3.06. The average Bonchev–Trinajstić information content (AvgIpc) is 3.31. The van der Waals surface area contributed by atoms with Crippen molar-refractivity contribution in [3.8, 4) is 11.5 Å². The molecule has 0 radical (unpaired) electrons. The number of hydrogen-bond acceptors (Lipinski definition) is 4. The van der Waals surface area contributed by atoms with E-state index in [1.165, 1.54) is 0 Å². The second kappa shape index (κ2) is 11.6. The Morgan fingerprint density at radius 2 is 1.63 bits per heavy atom. The van der Waals surface area contributed by atoms with Gasteiger partial charge in [0.25, 0.3) is 0 Å². The zero-order chi connectivity index (χ0) is 21.0. The third kappa shape index (κ3) is 6.58. The van der Waals surface area contributed by atoms with E-state index in [9.17, 15) is 0 Å². The van der Waals surface area contributed by atoms with Crippen LogP contribution in [0, 0.1) is 0 Å². The number of nitrogens with one attached hydrogen (secondary N) is 2. The largest absolute Gasteiger partial charge is 0.497 e. The quantitative estimate of drug-likeness (QED) is 0.395. The van der Waals surface area contributed by atoms with Crippen LogP contribution in [0.2, 0.25) is 0 Å². The van der Waals surface area contributed by atoms with Gasteiger partial charge in [-0.15, -0.1) is 0 Å². The molecule has 0 aliphatic carbocycles. The summed E-state index contributed by atoms with van der Waals surface area (Å²) >= 11 is 0. The minimum absolute atomic E-state index is 0.578. The molecule has 3 rings (SSSR count). The molecule has 0 aliphatic heterocycles. The number of para-hydroxylation sites is 1. The molecule has 0 aliphatic rings. The average molecular weight is 408 g/mol. The van der Waals surface area contributed by atoms with Gasteiger partial charge in [0, 0.05) is 19.5 Å².